The molecule has 0 saturated carbocycles. The van der Waals surface area contributed by atoms with Crippen molar-refractivity contribution in [2.24, 2.45) is 0 Å². The van der Waals surface area contributed by atoms with Crippen LogP contribution in [0.5, 0.6) is 0 Å². The third-order valence-electron chi connectivity index (χ3n) is 7.05. The molecule has 6 rings (SSSR count). The van der Waals surface area contributed by atoms with Gasteiger partial charge < -0.3 is 11.1 Å². The van der Waals surface area contributed by atoms with Gasteiger partial charge in [0.05, 0.1) is 17.2 Å². The van der Waals surface area contributed by atoms with Crippen molar-refractivity contribution < 1.29 is 4.39 Å². The van der Waals surface area contributed by atoms with Gasteiger partial charge in [0, 0.05) is 47.7 Å². The van der Waals surface area contributed by atoms with E-state index in [0.717, 1.165) is 29.1 Å². The summed E-state index contributed by atoms with van der Waals surface area (Å²) in [5.74, 6) is 0.419. The predicted octanol–water partition coefficient (Wildman–Crippen LogP) is 5.63. The Kier molecular flexibility index (Phi) is 7.62. The number of nitrogens with one attached hydrogen (secondary N) is 1. The molecule has 0 radical (unpaired) electrons. The summed E-state index contributed by atoms with van der Waals surface area (Å²) in [4.78, 5) is 32.8. The Morgan fingerprint density at radius 1 is 1.05 bits per heavy atom. The first kappa shape index (κ1) is 26.9. The van der Waals surface area contributed by atoms with Gasteiger partial charge in [0.1, 0.15) is 22.8 Å². The Hall–Kier alpha value is -4.35. The molecule has 1 fully saturated rings. The highest BCUT2D eigenvalue weighted by atomic mass is 32.2. The van der Waals surface area contributed by atoms with Gasteiger partial charge >= 0.3 is 0 Å². The summed E-state index contributed by atoms with van der Waals surface area (Å²) in [6.45, 7) is 4.08. The van der Waals surface area contributed by atoms with Gasteiger partial charge in [-0.25, -0.2) is 18.7 Å². The molecule has 3 N–H and O–H groups in total. The fraction of sp³-hybridized carbons (Fsp3) is 0.233. The van der Waals surface area contributed by atoms with Gasteiger partial charge in [-0.3, -0.25) is 14.3 Å². The highest BCUT2D eigenvalue weighted by Crippen LogP contribution is 2.34. The molecule has 1 aliphatic rings. The minimum Gasteiger partial charge on any atom is -0.368 e. The molecule has 5 aromatic rings. The fourth-order valence-corrected chi connectivity index (χ4v) is 6.07. The number of hydrogen-bond donors (Lipinski definition) is 2. The normalized spacial score (nSPS) is 14.4. The van der Waals surface area contributed by atoms with Crippen LogP contribution >= 0.6 is 11.9 Å². The monoisotopic (exact) mass is 568 g/mol. The van der Waals surface area contributed by atoms with Gasteiger partial charge in [0.2, 0.25) is 5.95 Å². The lowest BCUT2D eigenvalue weighted by atomic mass is 10.1. The number of rotatable bonds is 8. The zero-order chi connectivity index (χ0) is 28.3. The number of para-hydroxylation sites is 1. The zero-order valence-corrected chi connectivity index (χ0v) is 23.3. The van der Waals surface area contributed by atoms with Crippen LogP contribution < -0.4 is 16.6 Å². The van der Waals surface area contributed by atoms with Crippen molar-refractivity contribution in [1.29, 1.82) is 0 Å². The Labute approximate surface area is 240 Å². The van der Waals surface area contributed by atoms with Crippen LogP contribution in [0.15, 0.2) is 82.9 Å². The van der Waals surface area contributed by atoms with Crippen LogP contribution in [0.2, 0.25) is 0 Å². The van der Waals surface area contributed by atoms with Crippen LogP contribution in [0.25, 0.3) is 27.7 Å². The van der Waals surface area contributed by atoms with E-state index in [9.17, 15) is 9.18 Å². The average molecular weight is 569 g/mol. The van der Waals surface area contributed by atoms with Gasteiger partial charge in [0.25, 0.3) is 5.56 Å². The third-order valence-corrected chi connectivity index (χ3v) is 8.11. The molecule has 2 aromatic carbocycles. The smallest absolute Gasteiger partial charge is 0.269 e. The van der Waals surface area contributed by atoms with Crippen molar-refractivity contribution in [3.05, 3.63) is 95.2 Å². The van der Waals surface area contributed by atoms with Crippen LogP contribution in [0, 0.1) is 5.82 Å². The standard InChI is InChI=1S/C30H29FN8OS/c1-2-24(28-36-25-12-8-11-23(31)26(25)29(40)39(28)20-9-4-3-5-10-20)35-27-22(18-34-30(32)37-27)19-15-21(17-33-16-19)41-38-13-6-7-14-38/h3-5,8-12,15-18,24H,2,6-7,13-14H2,1H3,(H3,32,34,35,37). The van der Waals surface area contributed by atoms with Gasteiger partial charge in [-0.05, 0) is 61.5 Å². The second-order valence-corrected chi connectivity index (χ2v) is 11.0. The number of pyridine rings is 1. The van der Waals surface area contributed by atoms with Crippen LogP contribution in [0.1, 0.15) is 38.1 Å². The van der Waals surface area contributed by atoms with Crippen molar-refractivity contribution in [2.45, 2.75) is 37.1 Å². The quantitative estimate of drug-likeness (QED) is 0.230. The maximum absolute atomic E-state index is 14.8. The lowest BCUT2D eigenvalue weighted by Crippen LogP contribution is -2.29. The molecular formula is C30H29FN8OS. The van der Waals surface area contributed by atoms with E-state index >= 15 is 0 Å². The zero-order valence-electron chi connectivity index (χ0n) is 22.5. The minimum atomic E-state index is -0.609. The molecule has 11 heteroatoms. The van der Waals surface area contributed by atoms with E-state index in [1.54, 1.807) is 48.6 Å². The number of aromatic nitrogens is 5. The molecule has 4 heterocycles. The van der Waals surface area contributed by atoms with Crippen molar-refractivity contribution in [3.8, 4) is 16.8 Å². The van der Waals surface area contributed by atoms with Gasteiger partial charge in [-0.15, -0.1) is 0 Å². The Morgan fingerprint density at radius 3 is 2.63 bits per heavy atom. The van der Waals surface area contributed by atoms with Crippen molar-refractivity contribution >= 4 is 34.6 Å². The van der Waals surface area contributed by atoms with Gasteiger partial charge in [-0.1, -0.05) is 31.2 Å². The number of fused-ring (bicyclic) bond motifs is 1. The number of nitrogen functional groups attached to an aromatic ring is 1. The van der Waals surface area contributed by atoms with E-state index in [1.807, 2.05) is 31.3 Å². The number of nitrogens with zero attached hydrogens (tertiary/aromatic N) is 6. The molecule has 0 amide bonds. The maximum atomic E-state index is 14.8. The summed E-state index contributed by atoms with van der Waals surface area (Å²) in [5.41, 5.74) is 7.98. The number of nitrogens with two attached hydrogens (primary N) is 1. The summed E-state index contributed by atoms with van der Waals surface area (Å²) in [7, 11) is 0. The van der Waals surface area contributed by atoms with E-state index < -0.39 is 17.4 Å². The number of anilines is 2. The molecule has 1 atom stereocenters. The molecular weight excluding hydrogens is 539 g/mol. The molecule has 208 valence electrons. The Balaban J connectivity index is 1.44. The van der Waals surface area contributed by atoms with Crippen molar-refractivity contribution in [2.75, 3.05) is 24.1 Å². The van der Waals surface area contributed by atoms with Crippen LogP contribution in [0.3, 0.4) is 0 Å². The summed E-state index contributed by atoms with van der Waals surface area (Å²) in [5, 5.41) is 3.41. The summed E-state index contributed by atoms with van der Waals surface area (Å²) < 4.78 is 18.6. The average Bonchev–Trinajstić information content (AvgIpc) is 3.49. The van der Waals surface area contributed by atoms with Gasteiger partial charge in [0.15, 0.2) is 0 Å². The van der Waals surface area contributed by atoms with Crippen LogP contribution in [0.4, 0.5) is 16.2 Å². The Morgan fingerprint density at radius 2 is 1.85 bits per heavy atom. The van der Waals surface area contributed by atoms with Crippen LogP contribution in [-0.2, 0) is 0 Å². The molecule has 1 aliphatic heterocycles. The number of hydrogen-bond acceptors (Lipinski definition) is 9. The first-order chi connectivity index (χ1) is 20.0. The Bertz CT molecular complexity index is 1760. The maximum Gasteiger partial charge on any atom is 0.269 e. The first-order valence-corrected chi connectivity index (χ1v) is 14.3. The second-order valence-electron chi connectivity index (χ2n) is 9.81. The topological polar surface area (TPSA) is 115 Å². The van der Waals surface area contributed by atoms with E-state index in [4.69, 9.17) is 10.7 Å². The fourth-order valence-electron chi connectivity index (χ4n) is 5.04. The van der Waals surface area contributed by atoms with E-state index in [0.29, 0.717) is 23.8 Å². The third kappa shape index (κ3) is 5.50. The molecule has 1 saturated heterocycles. The van der Waals surface area contributed by atoms with Crippen LogP contribution in [-0.4, -0.2) is 41.9 Å². The van der Waals surface area contributed by atoms with E-state index in [-0.39, 0.29) is 16.9 Å². The highest BCUT2D eigenvalue weighted by molar-refractivity contribution is 7.97. The van der Waals surface area contributed by atoms with Crippen molar-refractivity contribution in [1.82, 2.24) is 28.8 Å². The molecule has 0 aliphatic carbocycles. The molecule has 1 unspecified atom stereocenters. The minimum absolute atomic E-state index is 0.0553. The molecule has 41 heavy (non-hydrogen) atoms. The second kappa shape index (κ2) is 11.6. The highest BCUT2D eigenvalue weighted by Gasteiger charge is 2.23. The molecule has 0 bridgehead atoms. The predicted molar refractivity (Wildman–Crippen MR) is 160 cm³/mol. The van der Waals surface area contributed by atoms with E-state index in [2.05, 4.69) is 30.6 Å². The summed E-state index contributed by atoms with van der Waals surface area (Å²) in [6.07, 6.45) is 8.23. The summed E-state index contributed by atoms with van der Waals surface area (Å²) in [6, 6.07) is 15.2. The molecule has 9 nitrogen and oxygen atoms in total. The molecule has 0 spiro atoms. The lowest BCUT2D eigenvalue weighted by molar-refractivity contribution is 0.586. The number of halogens is 1. The SMILES string of the molecule is CCC(Nc1nc(N)ncc1-c1cncc(SN2CCCC2)c1)c1nc2cccc(F)c2c(=O)n1-c1ccccc1. The summed E-state index contributed by atoms with van der Waals surface area (Å²) >= 11 is 1.69. The lowest BCUT2D eigenvalue weighted by Gasteiger charge is -2.23. The van der Waals surface area contributed by atoms with Crippen molar-refractivity contribution in [3.63, 3.8) is 0 Å². The largest absolute Gasteiger partial charge is 0.368 e. The van der Waals surface area contributed by atoms with E-state index in [1.165, 1.54) is 23.5 Å². The number of benzene rings is 2. The first-order valence-electron chi connectivity index (χ1n) is 13.6. The molecule has 3 aromatic heterocycles. The van der Waals surface area contributed by atoms with Gasteiger partial charge in [-0.2, -0.15) is 4.98 Å².